The van der Waals surface area contributed by atoms with Gasteiger partial charge in [0.05, 0.1) is 17.2 Å². The van der Waals surface area contributed by atoms with Crippen molar-refractivity contribution in [1.82, 2.24) is 4.90 Å². The fraction of sp³-hybridized carbons (Fsp3) is 0.500. The topological polar surface area (TPSA) is 40.5 Å². The lowest BCUT2D eigenvalue weighted by atomic mass is 10.1. The smallest absolute Gasteiger partial charge is 0.255 e. The van der Waals surface area contributed by atoms with Gasteiger partial charge in [-0.25, -0.2) is 8.78 Å². The van der Waals surface area contributed by atoms with Gasteiger partial charge in [0.1, 0.15) is 0 Å². The van der Waals surface area contributed by atoms with Crippen molar-refractivity contribution >= 4 is 17.5 Å². The van der Waals surface area contributed by atoms with Crippen molar-refractivity contribution in [1.29, 1.82) is 0 Å². The molecule has 1 saturated carbocycles. The number of carbonyl (C=O) groups is 1. The molecule has 6 heteroatoms. The zero-order valence-corrected chi connectivity index (χ0v) is 11.7. The van der Waals surface area contributed by atoms with Crippen LogP contribution in [-0.2, 0) is 0 Å². The van der Waals surface area contributed by atoms with Crippen LogP contribution in [0.3, 0.4) is 0 Å². The first kappa shape index (κ1) is 15.2. The van der Waals surface area contributed by atoms with Gasteiger partial charge >= 0.3 is 0 Å². The molecule has 1 aromatic rings. The number of aliphatic hydroxyl groups excluding tert-OH is 1. The molecule has 20 heavy (non-hydrogen) atoms. The molecule has 0 saturated heterocycles. The molecule has 0 unspecified atom stereocenters. The zero-order chi connectivity index (χ0) is 14.7. The van der Waals surface area contributed by atoms with Crippen LogP contribution >= 0.6 is 11.6 Å². The number of amides is 1. The lowest BCUT2D eigenvalue weighted by Gasteiger charge is -2.28. The highest BCUT2D eigenvalue weighted by Crippen LogP contribution is 2.27. The number of hydrogen-bond acceptors (Lipinski definition) is 2. The molecule has 1 N–H and O–H groups in total. The van der Waals surface area contributed by atoms with Gasteiger partial charge in [-0.05, 0) is 25.0 Å². The second kappa shape index (κ2) is 6.50. The van der Waals surface area contributed by atoms with Crippen LogP contribution in [0.1, 0.15) is 36.0 Å². The maximum absolute atomic E-state index is 13.3. The second-order valence-corrected chi connectivity index (χ2v) is 5.31. The van der Waals surface area contributed by atoms with Gasteiger partial charge in [-0.3, -0.25) is 4.79 Å². The van der Waals surface area contributed by atoms with Crippen molar-refractivity contribution in [3.05, 3.63) is 34.4 Å². The van der Waals surface area contributed by atoms with Crippen molar-refractivity contribution in [3.63, 3.8) is 0 Å². The van der Waals surface area contributed by atoms with Crippen LogP contribution in [0.5, 0.6) is 0 Å². The SMILES string of the molecule is O=C(c1cc(F)c(F)cc1Cl)N(CCO)C1CCCC1. The van der Waals surface area contributed by atoms with Gasteiger partial charge in [-0.1, -0.05) is 24.4 Å². The highest BCUT2D eigenvalue weighted by molar-refractivity contribution is 6.33. The summed E-state index contributed by atoms with van der Waals surface area (Å²) in [5.41, 5.74) is -0.0640. The molecule has 1 fully saturated rings. The monoisotopic (exact) mass is 303 g/mol. The molecule has 110 valence electrons. The lowest BCUT2D eigenvalue weighted by molar-refractivity contribution is 0.0637. The van der Waals surface area contributed by atoms with E-state index in [1.165, 1.54) is 4.90 Å². The molecule has 1 aliphatic carbocycles. The molecule has 0 spiro atoms. The van der Waals surface area contributed by atoms with Crippen LogP contribution in [0.4, 0.5) is 8.78 Å². The van der Waals surface area contributed by atoms with Gasteiger partial charge < -0.3 is 10.0 Å². The summed E-state index contributed by atoms with van der Waals surface area (Å²) in [6.07, 6.45) is 3.75. The van der Waals surface area contributed by atoms with Crippen molar-refractivity contribution in [2.75, 3.05) is 13.2 Å². The van der Waals surface area contributed by atoms with E-state index in [0.717, 1.165) is 37.8 Å². The third-order valence-corrected chi connectivity index (χ3v) is 3.92. The summed E-state index contributed by atoms with van der Waals surface area (Å²) in [6, 6.07) is 1.65. The Morgan fingerprint density at radius 3 is 2.50 bits per heavy atom. The summed E-state index contributed by atoms with van der Waals surface area (Å²) in [6.45, 7) is -0.0115. The van der Waals surface area contributed by atoms with Crippen molar-refractivity contribution < 1.29 is 18.7 Å². The van der Waals surface area contributed by atoms with E-state index in [2.05, 4.69) is 0 Å². The van der Waals surface area contributed by atoms with E-state index in [-0.39, 0.29) is 29.8 Å². The first-order valence-electron chi connectivity index (χ1n) is 6.61. The molecule has 1 amide bonds. The predicted molar refractivity (Wildman–Crippen MR) is 71.7 cm³/mol. The summed E-state index contributed by atoms with van der Waals surface area (Å²) in [5.74, 6) is -2.65. The standard InChI is InChI=1S/C14H16ClF2NO2/c15-11-8-13(17)12(16)7-10(11)14(20)18(5-6-19)9-3-1-2-4-9/h7-9,19H,1-6H2. The summed E-state index contributed by atoms with van der Waals surface area (Å²) in [4.78, 5) is 14.0. The molecule has 0 aliphatic heterocycles. The summed E-state index contributed by atoms with van der Waals surface area (Å²) in [5, 5.41) is 8.98. The van der Waals surface area contributed by atoms with E-state index in [0.29, 0.717) is 0 Å². The lowest BCUT2D eigenvalue weighted by Crippen LogP contribution is -2.41. The quantitative estimate of drug-likeness (QED) is 0.869. The van der Waals surface area contributed by atoms with Gasteiger partial charge in [-0.15, -0.1) is 0 Å². The fourth-order valence-corrected chi connectivity index (χ4v) is 2.85. The Balaban J connectivity index is 2.29. The van der Waals surface area contributed by atoms with Gasteiger partial charge in [0, 0.05) is 12.6 Å². The summed E-state index contributed by atoms with van der Waals surface area (Å²) >= 11 is 5.83. The van der Waals surface area contributed by atoms with E-state index in [1.807, 2.05) is 0 Å². The van der Waals surface area contributed by atoms with Crippen LogP contribution in [-0.4, -0.2) is 35.1 Å². The maximum atomic E-state index is 13.3. The minimum atomic E-state index is -1.10. The predicted octanol–water partition coefficient (Wildman–Crippen LogP) is 3.00. The van der Waals surface area contributed by atoms with Crippen LogP contribution in [0.15, 0.2) is 12.1 Å². The number of aliphatic hydroxyl groups is 1. The highest BCUT2D eigenvalue weighted by atomic mass is 35.5. The van der Waals surface area contributed by atoms with Crippen LogP contribution in [0, 0.1) is 11.6 Å². The number of halogens is 3. The molecule has 1 aliphatic rings. The second-order valence-electron chi connectivity index (χ2n) is 4.91. The largest absolute Gasteiger partial charge is 0.395 e. The average Bonchev–Trinajstić information content (AvgIpc) is 2.93. The summed E-state index contributed by atoms with van der Waals surface area (Å²) < 4.78 is 26.3. The molecule has 0 bridgehead atoms. The molecular weight excluding hydrogens is 288 g/mol. The Morgan fingerprint density at radius 2 is 1.90 bits per heavy atom. The molecule has 0 heterocycles. The van der Waals surface area contributed by atoms with Crippen molar-refractivity contribution in [2.24, 2.45) is 0 Å². The Morgan fingerprint density at radius 1 is 1.30 bits per heavy atom. The number of rotatable bonds is 4. The number of hydrogen-bond donors (Lipinski definition) is 1. The fourth-order valence-electron chi connectivity index (χ4n) is 2.61. The van der Waals surface area contributed by atoms with Crippen LogP contribution in [0.2, 0.25) is 5.02 Å². The normalized spacial score (nSPS) is 15.6. The van der Waals surface area contributed by atoms with E-state index in [1.54, 1.807) is 0 Å². The van der Waals surface area contributed by atoms with E-state index in [4.69, 9.17) is 16.7 Å². The molecular formula is C14H16ClF2NO2. The van der Waals surface area contributed by atoms with Crippen molar-refractivity contribution in [2.45, 2.75) is 31.7 Å². The van der Waals surface area contributed by atoms with Crippen molar-refractivity contribution in [3.8, 4) is 0 Å². The molecule has 0 aromatic heterocycles. The summed E-state index contributed by atoms with van der Waals surface area (Å²) in [7, 11) is 0. The molecule has 1 aromatic carbocycles. The number of nitrogens with zero attached hydrogens (tertiary/aromatic N) is 1. The Labute approximate surface area is 121 Å². The number of carbonyl (C=O) groups excluding carboxylic acids is 1. The van der Waals surface area contributed by atoms with Crippen LogP contribution in [0.25, 0.3) is 0 Å². The van der Waals surface area contributed by atoms with Gasteiger partial charge in [0.2, 0.25) is 0 Å². The third kappa shape index (κ3) is 3.10. The van der Waals surface area contributed by atoms with Gasteiger partial charge in [0.15, 0.2) is 11.6 Å². The highest BCUT2D eigenvalue weighted by Gasteiger charge is 2.28. The molecule has 2 rings (SSSR count). The Kier molecular flexibility index (Phi) is 4.94. The van der Waals surface area contributed by atoms with Gasteiger partial charge in [-0.2, -0.15) is 0 Å². The minimum Gasteiger partial charge on any atom is -0.395 e. The third-order valence-electron chi connectivity index (χ3n) is 3.61. The maximum Gasteiger partial charge on any atom is 0.255 e. The Hall–Kier alpha value is -1.20. The molecule has 3 nitrogen and oxygen atoms in total. The number of benzene rings is 1. The zero-order valence-electron chi connectivity index (χ0n) is 10.9. The van der Waals surface area contributed by atoms with Crippen LogP contribution < -0.4 is 0 Å². The molecule has 0 radical (unpaired) electrons. The first-order chi connectivity index (χ1) is 9.54. The minimum absolute atomic E-state index is 0.0267. The molecule has 0 atom stereocenters. The Bertz CT molecular complexity index is 504. The first-order valence-corrected chi connectivity index (χ1v) is 6.98. The van der Waals surface area contributed by atoms with E-state index in [9.17, 15) is 13.6 Å². The van der Waals surface area contributed by atoms with E-state index >= 15 is 0 Å². The van der Waals surface area contributed by atoms with E-state index < -0.39 is 17.5 Å². The van der Waals surface area contributed by atoms with Gasteiger partial charge in [0.25, 0.3) is 5.91 Å². The average molecular weight is 304 g/mol.